The molecule has 8 heteroatoms. The molecule has 0 saturated heterocycles. The molecule has 31 heavy (non-hydrogen) atoms. The molecule has 2 aromatic carbocycles. The van der Waals surface area contributed by atoms with Crippen LogP contribution in [0, 0.1) is 5.82 Å². The Morgan fingerprint density at radius 1 is 1.19 bits per heavy atom. The second-order valence-corrected chi connectivity index (χ2v) is 9.01. The first-order valence-electron chi connectivity index (χ1n) is 9.98. The highest BCUT2D eigenvalue weighted by Gasteiger charge is 2.34. The van der Waals surface area contributed by atoms with Gasteiger partial charge in [0.15, 0.2) is 0 Å². The van der Waals surface area contributed by atoms with Gasteiger partial charge in [0.05, 0.1) is 11.8 Å². The quantitative estimate of drug-likeness (QED) is 0.749. The van der Waals surface area contributed by atoms with Crippen LogP contribution in [0.2, 0.25) is 5.02 Å². The van der Waals surface area contributed by atoms with E-state index in [0.29, 0.717) is 22.7 Å². The molecule has 3 rings (SSSR count). The van der Waals surface area contributed by atoms with Crippen molar-refractivity contribution in [3.8, 4) is 0 Å². The minimum Gasteiger partial charge on any atom is -0.333 e. The molecule has 164 valence electrons. The number of hydrogen-bond donors (Lipinski definition) is 1. The van der Waals surface area contributed by atoms with Crippen molar-refractivity contribution in [3.05, 3.63) is 70.5 Å². The van der Waals surface area contributed by atoms with Crippen LogP contribution in [0.1, 0.15) is 44.4 Å². The predicted octanol–water partition coefficient (Wildman–Crippen LogP) is 4.60. The first-order chi connectivity index (χ1) is 14.5. The van der Waals surface area contributed by atoms with Crippen LogP contribution in [0.3, 0.4) is 0 Å². The van der Waals surface area contributed by atoms with Crippen LogP contribution in [0.5, 0.6) is 0 Å². The maximum absolute atomic E-state index is 14.4. The number of nitrogens with one attached hydrogen (secondary N) is 1. The van der Waals surface area contributed by atoms with Crippen LogP contribution < -0.4 is 5.32 Å². The topological polar surface area (TPSA) is 65.0 Å². The number of amides is 3. The van der Waals surface area contributed by atoms with Crippen LogP contribution >= 0.6 is 11.6 Å². The maximum Gasteiger partial charge on any atom is 0.318 e. The number of carbonyl (C=O) groups is 2. The van der Waals surface area contributed by atoms with Crippen LogP contribution in [0.15, 0.2) is 53.6 Å². The van der Waals surface area contributed by atoms with Crippen LogP contribution in [-0.2, 0) is 4.79 Å². The summed E-state index contributed by atoms with van der Waals surface area (Å²) in [7, 11) is 1.55. The van der Waals surface area contributed by atoms with Gasteiger partial charge in [-0.2, -0.15) is 5.10 Å². The lowest BCUT2D eigenvalue weighted by Crippen LogP contribution is -2.49. The molecule has 1 N–H and O–H groups in total. The molecule has 0 fully saturated rings. The lowest BCUT2D eigenvalue weighted by molar-refractivity contribution is -0.133. The monoisotopic (exact) mass is 444 g/mol. The number of nitrogens with zero attached hydrogens (tertiary/aromatic N) is 3. The Hall–Kier alpha value is -2.93. The first kappa shape index (κ1) is 22.7. The van der Waals surface area contributed by atoms with E-state index < -0.39 is 17.4 Å². The van der Waals surface area contributed by atoms with Crippen molar-refractivity contribution in [3.63, 3.8) is 0 Å². The molecule has 0 radical (unpaired) electrons. The molecule has 0 aliphatic carbocycles. The summed E-state index contributed by atoms with van der Waals surface area (Å²) in [5.41, 5.74) is 1.24. The smallest absolute Gasteiger partial charge is 0.318 e. The normalized spacial score (nSPS) is 16.1. The van der Waals surface area contributed by atoms with Gasteiger partial charge in [-0.15, -0.1) is 0 Å². The minimum absolute atomic E-state index is 0.167. The summed E-state index contributed by atoms with van der Waals surface area (Å²) >= 11 is 6.01. The molecule has 1 atom stereocenters. The summed E-state index contributed by atoms with van der Waals surface area (Å²) in [4.78, 5) is 26.8. The number of carbonyl (C=O) groups excluding carboxylic acids is 2. The largest absolute Gasteiger partial charge is 0.333 e. The second kappa shape index (κ2) is 9.06. The lowest BCUT2D eigenvalue weighted by Gasteiger charge is -2.27. The van der Waals surface area contributed by atoms with Crippen molar-refractivity contribution in [2.24, 2.45) is 5.10 Å². The minimum atomic E-state index is -0.427. The Bertz CT molecular complexity index is 1000. The SMILES string of the molecule is CN(CC(=O)N1N=C(c2ccccc2F)CC1c1ccc(Cl)cc1)C(=O)NC(C)(C)C. The van der Waals surface area contributed by atoms with E-state index in [1.54, 1.807) is 37.4 Å². The zero-order valence-corrected chi connectivity index (χ0v) is 18.8. The summed E-state index contributed by atoms with van der Waals surface area (Å²) in [5.74, 6) is -0.759. The van der Waals surface area contributed by atoms with E-state index in [0.717, 1.165) is 5.56 Å². The molecule has 1 aliphatic rings. The number of hydrogen-bond acceptors (Lipinski definition) is 3. The molecular weight excluding hydrogens is 419 g/mol. The Morgan fingerprint density at radius 2 is 1.84 bits per heavy atom. The van der Waals surface area contributed by atoms with Gasteiger partial charge in [-0.1, -0.05) is 41.9 Å². The predicted molar refractivity (Wildman–Crippen MR) is 120 cm³/mol. The van der Waals surface area contributed by atoms with Gasteiger partial charge in [0.2, 0.25) is 0 Å². The van der Waals surface area contributed by atoms with E-state index in [1.165, 1.54) is 16.0 Å². The molecule has 3 amide bonds. The van der Waals surface area contributed by atoms with Crippen molar-refractivity contribution < 1.29 is 14.0 Å². The average molecular weight is 445 g/mol. The van der Waals surface area contributed by atoms with E-state index in [4.69, 9.17) is 11.6 Å². The van der Waals surface area contributed by atoms with Crippen molar-refractivity contribution in [1.82, 2.24) is 15.2 Å². The molecule has 6 nitrogen and oxygen atoms in total. The Kier molecular flexibility index (Phi) is 6.65. The van der Waals surface area contributed by atoms with E-state index >= 15 is 0 Å². The third-order valence-corrected chi connectivity index (χ3v) is 5.06. The zero-order valence-electron chi connectivity index (χ0n) is 18.0. The number of halogens is 2. The fraction of sp³-hybridized carbons (Fsp3) is 0.348. The summed E-state index contributed by atoms with van der Waals surface area (Å²) in [6.07, 6.45) is 0.353. The fourth-order valence-corrected chi connectivity index (χ4v) is 3.43. The standard InChI is InChI=1S/C23H26ClFN4O2/c1-23(2,3)26-22(31)28(4)14-21(30)29-20(15-9-11-16(24)12-10-15)13-19(27-29)17-7-5-6-8-18(17)25/h5-12,20H,13-14H2,1-4H3,(H,26,31). The molecule has 1 heterocycles. The molecule has 0 aromatic heterocycles. The fourth-order valence-electron chi connectivity index (χ4n) is 3.31. The molecular formula is C23H26ClFN4O2. The van der Waals surface area contributed by atoms with Gasteiger partial charge in [0.25, 0.3) is 5.91 Å². The van der Waals surface area contributed by atoms with Crippen LogP contribution in [-0.4, -0.2) is 46.7 Å². The van der Waals surface area contributed by atoms with Gasteiger partial charge in [-0.25, -0.2) is 14.2 Å². The summed E-state index contributed by atoms with van der Waals surface area (Å²) in [6.45, 7) is 5.42. The van der Waals surface area contributed by atoms with E-state index in [9.17, 15) is 14.0 Å². The van der Waals surface area contributed by atoms with Gasteiger partial charge >= 0.3 is 6.03 Å². The number of rotatable bonds is 4. The van der Waals surface area contributed by atoms with Crippen LogP contribution in [0.4, 0.5) is 9.18 Å². The molecule has 0 bridgehead atoms. The first-order valence-corrected chi connectivity index (χ1v) is 10.4. The highest BCUT2D eigenvalue weighted by molar-refractivity contribution is 6.30. The van der Waals surface area contributed by atoms with Gasteiger partial charge in [-0.05, 0) is 44.5 Å². The lowest BCUT2D eigenvalue weighted by atomic mass is 9.98. The zero-order chi connectivity index (χ0) is 22.8. The highest BCUT2D eigenvalue weighted by atomic mass is 35.5. The summed E-state index contributed by atoms with van der Waals surface area (Å²) in [6, 6.07) is 12.7. The summed E-state index contributed by atoms with van der Waals surface area (Å²) in [5, 5.41) is 9.19. The van der Waals surface area contributed by atoms with Gasteiger partial charge in [0.1, 0.15) is 12.4 Å². The second-order valence-electron chi connectivity index (χ2n) is 8.57. The van der Waals surface area contributed by atoms with E-state index in [1.807, 2.05) is 32.9 Å². The van der Waals surface area contributed by atoms with Crippen molar-refractivity contribution in [2.45, 2.75) is 38.8 Å². The average Bonchev–Trinajstić information content (AvgIpc) is 3.13. The van der Waals surface area contributed by atoms with E-state index in [-0.39, 0.29) is 18.5 Å². The van der Waals surface area contributed by atoms with Crippen LogP contribution in [0.25, 0.3) is 0 Å². The summed E-state index contributed by atoms with van der Waals surface area (Å²) < 4.78 is 14.4. The molecule has 0 saturated carbocycles. The van der Waals surface area contributed by atoms with Gasteiger partial charge in [0, 0.05) is 29.6 Å². The molecule has 0 spiro atoms. The van der Waals surface area contributed by atoms with Crippen molar-refractivity contribution >= 4 is 29.3 Å². The maximum atomic E-state index is 14.4. The Balaban J connectivity index is 1.86. The van der Waals surface area contributed by atoms with Crippen molar-refractivity contribution in [2.75, 3.05) is 13.6 Å². The highest BCUT2D eigenvalue weighted by Crippen LogP contribution is 2.34. The third kappa shape index (κ3) is 5.61. The number of likely N-dealkylation sites (N-methyl/N-ethyl adjacent to an activating group) is 1. The van der Waals surface area contributed by atoms with Gasteiger partial charge in [-0.3, -0.25) is 4.79 Å². The Labute approximate surface area is 186 Å². The van der Waals surface area contributed by atoms with Gasteiger partial charge < -0.3 is 10.2 Å². The molecule has 1 aliphatic heterocycles. The van der Waals surface area contributed by atoms with E-state index in [2.05, 4.69) is 10.4 Å². The number of hydrazone groups is 1. The molecule has 1 unspecified atom stereocenters. The van der Waals surface area contributed by atoms with Crippen molar-refractivity contribution in [1.29, 1.82) is 0 Å². The Morgan fingerprint density at radius 3 is 2.45 bits per heavy atom. The number of benzene rings is 2. The third-order valence-electron chi connectivity index (χ3n) is 4.81. The number of urea groups is 1. The molecule has 2 aromatic rings.